The predicted octanol–water partition coefficient (Wildman–Crippen LogP) is 4.63. The molecule has 2 aliphatic carbocycles. The van der Waals surface area contributed by atoms with E-state index in [-0.39, 0.29) is 0 Å². The molecule has 0 bridgehead atoms. The molecular weight excluding hydrogens is 256 g/mol. The molecule has 0 aromatic rings. The molecule has 2 fully saturated rings. The van der Waals surface area contributed by atoms with Crippen LogP contribution in [0.15, 0.2) is 0 Å². The fourth-order valence-electron chi connectivity index (χ4n) is 4.48. The highest BCUT2D eigenvalue weighted by Gasteiger charge is 2.54. The highest BCUT2D eigenvalue weighted by atomic mass is 32.2. The van der Waals surface area contributed by atoms with Crippen molar-refractivity contribution in [1.29, 1.82) is 0 Å². The van der Waals surface area contributed by atoms with Crippen LogP contribution in [-0.4, -0.2) is 17.9 Å². The van der Waals surface area contributed by atoms with Gasteiger partial charge < -0.3 is 0 Å². The van der Waals surface area contributed by atoms with Gasteiger partial charge in [-0.25, -0.2) is 8.42 Å². The van der Waals surface area contributed by atoms with Crippen LogP contribution in [0.25, 0.3) is 0 Å². The summed E-state index contributed by atoms with van der Waals surface area (Å²) in [6.45, 7) is 4.18. The summed E-state index contributed by atoms with van der Waals surface area (Å²) in [6, 6.07) is 0. The third kappa shape index (κ3) is 2.36. The van der Waals surface area contributed by atoms with E-state index in [4.69, 9.17) is 0 Å². The molecule has 0 spiro atoms. The van der Waals surface area contributed by atoms with E-state index in [1.807, 2.05) is 0 Å². The molecule has 112 valence electrons. The molecule has 2 nitrogen and oxygen atoms in total. The third-order valence-electron chi connectivity index (χ3n) is 5.96. The predicted molar refractivity (Wildman–Crippen MR) is 81.1 cm³/mol. The lowest BCUT2D eigenvalue weighted by Gasteiger charge is -2.46. The topological polar surface area (TPSA) is 34.1 Å². The van der Waals surface area contributed by atoms with Crippen LogP contribution in [0.2, 0.25) is 0 Å². The Hall–Kier alpha value is -0.0500. The first kappa shape index (κ1) is 15.3. The second kappa shape index (κ2) is 5.75. The van der Waals surface area contributed by atoms with Gasteiger partial charge in [-0.1, -0.05) is 52.4 Å². The van der Waals surface area contributed by atoms with E-state index in [2.05, 4.69) is 13.8 Å². The molecule has 0 aliphatic heterocycles. The van der Waals surface area contributed by atoms with E-state index in [9.17, 15) is 8.42 Å². The molecule has 0 saturated heterocycles. The molecule has 0 heterocycles. The van der Waals surface area contributed by atoms with Gasteiger partial charge in [-0.15, -0.1) is 0 Å². The Balaban J connectivity index is 2.38. The van der Waals surface area contributed by atoms with Crippen LogP contribution in [0.5, 0.6) is 0 Å². The molecule has 0 N–H and O–H groups in total. The molecular formula is C16H30O2S. The van der Waals surface area contributed by atoms with Crippen LogP contribution < -0.4 is 0 Å². The van der Waals surface area contributed by atoms with Gasteiger partial charge in [0.25, 0.3) is 0 Å². The van der Waals surface area contributed by atoms with Crippen molar-refractivity contribution in [2.75, 3.05) is 0 Å². The van der Waals surface area contributed by atoms with Gasteiger partial charge in [-0.05, 0) is 38.5 Å². The van der Waals surface area contributed by atoms with E-state index >= 15 is 0 Å². The van der Waals surface area contributed by atoms with Gasteiger partial charge in [-0.2, -0.15) is 0 Å². The highest BCUT2D eigenvalue weighted by Crippen LogP contribution is 2.49. The Morgan fingerprint density at radius 3 is 1.26 bits per heavy atom. The summed E-state index contributed by atoms with van der Waals surface area (Å²) in [5, 5.41) is 0. The molecule has 0 atom stereocenters. The maximum Gasteiger partial charge on any atom is 0.161 e. The summed E-state index contributed by atoms with van der Waals surface area (Å²) >= 11 is 0. The van der Waals surface area contributed by atoms with Crippen molar-refractivity contribution in [3.8, 4) is 0 Å². The molecule has 0 aromatic heterocycles. The maximum absolute atomic E-state index is 13.4. The van der Waals surface area contributed by atoms with E-state index in [1.54, 1.807) is 0 Å². The SMILES string of the molecule is CCC1(S(=O)(=O)C2(CC)CCCCC2)CCCCC1. The van der Waals surface area contributed by atoms with Crippen LogP contribution >= 0.6 is 0 Å². The second-order valence-corrected chi connectivity index (χ2v) is 9.44. The van der Waals surface area contributed by atoms with Crippen LogP contribution in [0, 0.1) is 0 Å². The van der Waals surface area contributed by atoms with Crippen LogP contribution in [0.4, 0.5) is 0 Å². The van der Waals surface area contributed by atoms with Crippen molar-refractivity contribution >= 4 is 9.84 Å². The van der Waals surface area contributed by atoms with Crippen molar-refractivity contribution in [2.24, 2.45) is 0 Å². The Bertz CT molecular complexity index is 353. The average Bonchev–Trinajstić information content (AvgIpc) is 2.48. The van der Waals surface area contributed by atoms with Crippen molar-refractivity contribution in [1.82, 2.24) is 0 Å². The van der Waals surface area contributed by atoms with Crippen molar-refractivity contribution in [3.05, 3.63) is 0 Å². The van der Waals surface area contributed by atoms with Gasteiger partial charge in [-0.3, -0.25) is 0 Å². The first-order valence-corrected chi connectivity index (χ1v) is 9.76. The molecule has 0 aromatic carbocycles. The minimum atomic E-state index is -3.01. The second-order valence-electron chi connectivity index (χ2n) is 6.70. The van der Waals surface area contributed by atoms with Crippen LogP contribution in [0.3, 0.4) is 0 Å². The lowest BCUT2D eigenvalue weighted by atomic mass is 9.85. The number of hydrogen-bond donors (Lipinski definition) is 0. The van der Waals surface area contributed by atoms with Gasteiger partial charge in [0.05, 0.1) is 9.49 Å². The normalized spacial score (nSPS) is 27.1. The molecule has 2 rings (SSSR count). The molecule has 2 saturated carbocycles. The van der Waals surface area contributed by atoms with Gasteiger partial charge in [0.2, 0.25) is 0 Å². The monoisotopic (exact) mass is 286 g/mol. The lowest BCUT2D eigenvalue weighted by Crippen LogP contribution is -2.53. The number of rotatable bonds is 4. The summed E-state index contributed by atoms with van der Waals surface area (Å²) in [5.41, 5.74) is 0. The quantitative estimate of drug-likeness (QED) is 0.755. The van der Waals surface area contributed by atoms with Gasteiger partial charge in [0, 0.05) is 0 Å². The standard InChI is InChI=1S/C16H30O2S/c1-3-15(11-7-5-8-12-15)19(17,18)16(4-2)13-9-6-10-14-16/h3-14H2,1-2H3. The van der Waals surface area contributed by atoms with E-state index in [1.165, 1.54) is 12.8 Å². The van der Waals surface area contributed by atoms with Crippen LogP contribution in [0.1, 0.15) is 90.9 Å². The fraction of sp³-hybridized carbons (Fsp3) is 1.00. The summed E-state index contributed by atoms with van der Waals surface area (Å²) in [5.74, 6) is 0. The average molecular weight is 286 g/mol. The zero-order valence-corrected chi connectivity index (χ0v) is 13.5. The summed E-state index contributed by atoms with van der Waals surface area (Å²) in [6.07, 6.45) is 12.1. The molecule has 19 heavy (non-hydrogen) atoms. The van der Waals surface area contributed by atoms with E-state index < -0.39 is 19.3 Å². The maximum atomic E-state index is 13.4. The molecule has 0 unspecified atom stereocenters. The molecule has 3 heteroatoms. The zero-order chi connectivity index (χ0) is 14.0. The molecule has 0 amide bonds. The van der Waals surface area contributed by atoms with Crippen molar-refractivity contribution in [3.63, 3.8) is 0 Å². The van der Waals surface area contributed by atoms with Gasteiger partial charge in [0.15, 0.2) is 9.84 Å². The summed E-state index contributed by atoms with van der Waals surface area (Å²) in [4.78, 5) is 0. The zero-order valence-electron chi connectivity index (χ0n) is 12.7. The largest absolute Gasteiger partial charge is 0.228 e. The van der Waals surface area contributed by atoms with Crippen LogP contribution in [-0.2, 0) is 9.84 Å². The van der Waals surface area contributed by atoms with Crippen molar-refractivity contribution < 1.29 is 8.42 Å². The Labute approximate surface area is 119 Å². The Morgan fingerprint density at radius 2 is 1.00 bits per heavy atom. The summed E-state index contributed by atoms with van der Waals surface area (Å²) in [7, 11) is -3.01. The van der Waals surface area contributed by atoms with E-state index in [0.29, 0.717) is 0 Å². The minimum Gasteiger partial charge on any atom is -0.228 e. The molecule has 2 aliphatic rings. The first-order chi connectivity index (χ1) is 9.04. The van der Waals surface area contributed by atoms with Gasteiger partial charge >= 0.3 is 0 Å². The van der Waals surface area contributed by atoms with Gasteiger partial charge in [0.1, 0.15) is 0 Å². The molecule has 0 radical (unpaired) electrons. The lowest BCUT2D eigenvalue weighted by molar-refractivity contribution is 0.317. The van der Waals surface area contributed by atoms with E-state index in [0.717, 1.165) is 64.2 Å². The summed E-state index contributed by atoms with van der Waals surface area (Å²) < 4.78 is 26.1. The smallest absolute Gasteiger partial charge is 0.161 e. The third-order valence-corrected chi connectivity index (χ3v) is 9.63. The number of sulfone groups is 1. The first-order valence-electron chi connectivity index (χ1n) is 8.28. The Kier molecular flexibility index (Phi) is 4.64. The minimum absolute atomic E-state index is 0.390. The number of hydrogen-bond acceptors (Lipinski definition) is 2. The Morgan fingerprint density at radius 1 is 0.684 bits per heavy atom. The fourth-order valence-corrected chi connectivity index (χ4v) is 7.81. The highest BCUT2D eigenvalue weighted by molar-refractivity contribution is 7.94. The van der Waals surface area contributed by atoms with Crippen molar-refractivity contribution in [2.45, 2.75) is 100 Å².